The number of rotatable bonds is 7. The average Bonchev–Trinajstić information content (AvgIpc) is 2.94. The fourth-order valence-electron chi connectivity index (χ4n) is 6.08. The second-order valence-corrected chi connectivity index (χ2v) is 11.6. The zero-order valence-electron chi connectivity index (χ0n) is 24.0. The molecule has 3 saturated heterocycles. The number of carbonyl (C=O) groups is 1. The van der Waals surface area contributed by atoms with Crippen molar-refractivity contribution in [1.82, 2.24) is 25.1 Å². The zero-order valence-corrected chi connectivity index (χ0v) is 24.0. The van der Waals surface area contributed by atoms with Crippen molar-refractivity contribution in [2.75, 3.05) is 87.6 Å². The van der Waals surface area contributed by atoms with Crippen molar-refractivity contribution in [3.8, 4) is 0 Å². The van der Waals surface area contributed by atoms with E-state index in [0.29, 0.717) is 11.9 Å². The molecule has 10 heteroatoms. The van der Waals surface area contributed by atoms with E-state index in [1.807, 2.05) is 0 Å². The SMILES string of the molecule is Cc1cc(Nc2nc(N3CCNCC3)c(C(C)C)nc2C(N)=O)ccc1N1CCC(N2CCN(C)CC2)CC1. The third-order valence-electron chi connectivity index (χ3n) is 8.42. The summed E-state index contributed by atoms with van der Waals surface area (Å²) in [7, 11) is 2.22. The molecule has 3 fully saturated rings. The molecular weight excluding hydrogens is 490 g/mol. The molecule has 39 heavy (non-hydrogen) atoms. The molecule has 0 atom stereocenters. The highest BCUT2D eigenvalue weighted by atomic mass is 16.1. The van der Waals surface area contributed by atoms with Crippen LogP contribution in [0.3, 0.4) is 0 Å². The Morgan fingerprint density at radius 3 is 2.31 bits per heavy atom. The minimum absolute atomic E-state index is 0.122. The summed E-state index contributed by atoms with van der Waals surface area (Å²) in [6, 6.07) is 7.09. The van der Waals surface area contributed by atoms with Gasteiger partial charge in [-0.15, -0.1) is 0 Å². The fraction of sp³-hybridized carbons (Fsp3) is 0.621. The molecule has 4 N–H and O–H groups in total. The quantitative estimate of drug-likeness (QED) is 0.493. The van der Waals surface area contributed by atoms with Gasteiger partial charge in [-0.25, -0.2) is 9.97 Å². The van der Waals surface area contributed by atoms with Crippen LogP contribution >= 0.6 is 0 Å². The smallest absolute Gasteiger partial charge is 0.271 e. The molecule has 10 nitrogen and oxygen atoms in total. The van der Waals surface area contributed by atoms with Gasteiger partial charge in [-0.1, -0.05) is 13.8 Å². The minimum atomic E-state index is -0.574. The predicted molar refractivity (Wildman–Crippen MR) is 158 cm³/mol. The van der Waals surface area contributed by atoms with Crippen LogP contribution in [0.5, 0.6) is 0 Å². The van der Waals surface area contributed by atoms with Crippen LogP contribution in [0, 0.1) is 6.92 Å². The van der Waals surface area contributed by atoms with E-state index in [0.717, 1.165) is 56.5 Å². The number of aryl methyl sites for hydroxylation is 1. The van der Waals surface area contributed by atoms with Gasteiger partial charge < -0.3 is 31.1 Å². The molecule has 0 unspecified atom stereocenters. The Labute approximate surface area is 232 Å². The number of piperazine rings is 2. The summed E-state index contributed by atoms with van der Waals surface area (Å²) >= 11 is 0. The van der Waals surface area contributed by atoms with Gasteiger partial charge >= 0.3 is 0 Å². The van der Waals surface area contributed by atoms with Gasteiger partial charge in [-0.3, -0.25) is 9.69 Å². The number of aromatic nitrogens is 2. The summed E-state index contributed by atoms with van der Waals surface area (Å²) in [5.41, 5.74) is 10.1. The van der Waals surface area contributed by atoms with E-state index in [4.69, 9.17) is 15.7 Å². The van der Waals surface area contributed by atoms with Crippen molar-refractivity contribution >= 4 is 28.9 Å². The van der Waals surface area contributed by atoms with Crippen LogP contribution in [0.4, 0.5) is 23.0 Å². The van der Waals surface area contributed by atoms with Crippen LogP contribution < -0.4 is 26.2 Å². The normalized spacial score (nSPS) is 20.0. The lowest BCUT2D eigenvalue weighted by Crippen LogP contribution is -2.52. The Morgan fingerprint density at radius 2 is 1.69 bits per heavy atom. The van der Waals surface area contributed by atoms with E-state index < -0.39 is 5.91 Å². The topological polar surface area (TPSA) is 106 Å². The molecule has 0 radical (unpaired) electrons. The van der Waals surface area contributed by atoms with Gasteiger partial charge in [0, 0.05) is 82.9 Å². The maximum atomic E-state index is 12.4. The number of piperidine rings is 1. The van der Waals surface area contributed by atoms with E-state index >= 15 is 0 Å². The first-order chi connectivity index (χ1) is 18.8. The molecule has 0 spiro atoms. The van der Waals surface area contributed by atoms with Gasteiger partial charge in [0.25, 0.3) is 5.91 Å². The van der Waals surface area contributed by atoms with Gasteiger partial charge in [0.15, 0.2) is 17.3 Å². The lowest BCUT2D eigenvalue weighted by atomic mass is 10.0. The first-order valence-corrected chi connectivity index (χ1v) is 14.5. The fourth-order valence-corrected chi connectivity index (χ4v) is 6.08. The minimum Gasteiger partial charge on any atom is -0.371 e. The molecule has 0 bridgehead atoms. The molecule has 1 aromatic carbocycles. The van der Waals surface area contributed by atoms with Crippen LogP contribution in [0.1, 0.15) is 54.4 Å². The van der Waals surface area contributed by atoms with Crippen molar-refractivity contribution in [2.45, 2.75) is 45.6 Å². The largest absolute Gasteiger partial charge is 0.371 e. The molecule has 4 heterocycles. The Balaban J connectivity index is 1.32. The number of hydrogen-bond acceptors (Lipinski definition) is 9. The van der Waals surface area contributed by atoms with Crippen molar-refractivity contribution in [2.24, 2.45) is 5.73 Å². The highest BCUT2D eigenvalue weighted by molar-refractivity contribution is 5.96. The third kappa shape index (κ3) is 6.28. The maximum Gasteiger partial charge on any atom is 0.271 e. The lowest BCUT2D eigenvalue weighted by molar-refractivity contribution is 0.0982. The molecular formula is C29H45N9O. The molecule has 1 amide bonds. The van der Waals surface area contributed by atoms with Gasteiger partial charge in [0.05, 0.1) is 5.69 Å². The standard InChI is InChI=1S/C29H45N9O/c1-20(2)25-29(38-13-9-31-10-14-38)34-28(26(33-25)27(30)39)32-22-5-6-24(21(3)19-22)37-11-7-23(8-12-37)36-17-15-35(4)16-18-36/h5-6,19-20,23,31H,7-18H2,1-4H3,(H2,30,39)(H,32,34). The Hall–Kier alpha value is -2.95. The molecule has 2 aromatic rings. The number of carbonyl (C=O) groups excluding carboxylic acids is 1. The number of nitrogens with zero attached hydrogens (tertiary/aromatic N) is 6. The first kappa shape index (κ1) is 27.6. The summed E-state index contributed by atoms with van der Waals surface area (Å²) in [5.74, 6) is 0.794. The Morgan fingerprint density at radius 1 is 1.00 bits per heavy atom. The van der Waals surface area contributed by atoms with Crippen LogP contribution in [0.15, 0.2) is 18.2 Å². The highest BCUT2D eigenvalue weighted by Gasteiger charge is 2.28. The molecule has 0 saturated carbocycles. The van der Waals surface area contributed by atoms with E-state index in [1.165, 1.54) is 50.3 Å². The summed E-state index contributed by atoms with van der Waals surface area (Å²) in [5, 5.41) is 6.77. The molecule has 1 aromatic heterocycles. The van der Waals surface area contributed by atoms with E-state index in [2.05, 4.69) is 76.3 Å². The van der Waals surface area contributed by atoms with Crippen molar-refractivity contribution < 1.29 is 4.79 Å². The van der Waals surface area contributed by atoms with E-state index in [1.54, 1.807) is 0 Å². The summed E-state index contributed by atoms with van der Waals surface area (Å²) in [6.07, 6.45) is 2.41. The first-order valence-electron chi connectivity index (χ1n) is 14.5. The number of amides is 1. The molecule has 5 rings (SSSR count). The molecule has 3 aliphatic rings. The van der Waals surface area contributed by atoms with E-state index in [-0.39, 0.29) is 11.6 Å². The van der Waals surface area contributed by atoms with Crippen molar-refractivity contribution in [3.05, 3.63) is 35.2 Å². The second kappa shape index (κ2) is 12.1. The van der Waals surface area contributed by atoms with Gasteiger partial charge in [0.2, 0.25) is 0 Å². The Bertz CT molecular complexity index is 1150. The van der Waals surface area contributed by atoms with Crippen molar-refractivity contribution in [1.29, 1.82) is 0 Å². The zero-order chi connectivity index (χ0) is 27.5. The summed E-state index contributed by atoms with van der Waals surface area (Å²) < 4.78 is 0. The molecule has 3 aliphatic heterocycles. The van der Waals surface area contributed by atoms with Gasteiger partial charge in [-0.05, 0) is 56.5 Å². The number of benzene rings is 1. The number of anilines is 4. The summed E-state index contributed by atoms with van der Waals surface area (Å²) in [4.78, 5) is 31.9. The third-order valence-corrected chi connectivity index (χ3v) is 8.42. The summed E-state index contributed by atoms with van der Waals surface area (Å²) in [6.45, 7) is 16.7. The van der Waals surface area contributed by atoms with Gasteiger partial charge in [0.1, 0.15) is 0 Å². The van der Waals surface area contributed by atoms with Crippen LogP contribution in [-0.4, -0.2) is 104 Å². The van der Waals surface area contributed by atoms with Crippen LogP contribution in [-0.2, 0) is 0 Å². The lowest BCUT2D eigenvalue weighted by Gasteiger charge is -2.43. The Kier molecular flexibility index (Phi) is 8.54. The van der Waals surface area contributed by atoms with Crippen molar-refractivity contribution in [3.63, 3.8) is 0 Å². The average molecular weight is 536 g/mol. The van der Waals surface area contributed by atoms with Crippen LogP contribution in [0.2, 0.25) is 0 Å². The number of nitrogens with two attached hydrogens (primary N) is 1. The number of hydrogen-bond donors (Lipinski definition) is 3. The molecule has 0 aliphatic carbocycles. The molecule has 212 valence electrons. The maximum absolute atomic E-state index is 12.4. The number of likely N-dealkylation sites (N-methyl/N-ethyl adjacent to an activating group) is 1. The van der Waals surface area contributed by atoms with Gasteiger partial charge in [-0.2, -0.15) is 0 Å². The highest BCUT2D eigenvalue weighted by Crippen LogP contribution is 2.32. The second-order valence-electron chi connectivity index (χ2n) is 11.6. The number of nitrogens with one attached hydrogen (secondary N) is 2. The predicted octanol–water partition coefficient (Wildman–Crippen LogP) is 2.38. The van der Waals surface area contributed by atoms with E-state index in [9.17, 15) is 4.79 Å². The number of primary amides is 1. The monoisotopic (exact) mass is 535 g/mol. The van der Waals surface area contributed by atoms with Crippen LogP contribution in [0.25, 0.3) is 0 Å².